The van der Waals surface area contributed by atoms with Gasteiger partial charge in [-0.2, -0.15) is 0 Å². The highest BCUT2D eigenvalue weighted by atomic mass is 32.2. The number of fused-ring (bicyclic) bond motifs is 1. The van der Waals surface area contributed by atoms with E-state index < -0.39 is 10.0 Å². The normalized spacial score (nSPS) is 12.2. The average molecular weight is 299 g/mol. The van der Waals surface area contributed by atoms with Gasteiger partial charge in [0.1, 0.15) is 0 Å². The van der Waals surface area contributed by atoms with E-state index in [0.717, 1.165) is 29.4 Å². The van der Waals surface area contributed by atoms with Crippen LogP contribution < -0.4 is 5.14 Å². The van der Waals surface area contributed by atoms with Gasteiger partial charge in [0.25, 0.3) is 0 Å². The predicted octanol–water partition coefficient (Wildman–Crippen LogP) is 2.21. The quantitative estimate of drug-likeness (QED) is 0.859. The predicted molar refractivity (Wildman–Crippen MR) is 77.8 cm³/mol. The Morgan fingerprint density at radius 1 is 1.37 bits per heavy atom. The van der Waals surface area contributed by atoms with Crippen LogP contribution >= 0.6 is 11.8 Å². The van der Waals surface area contributed by atoms with Gasteiger partial charge in [-0.15, -0.1) is 0 Å². The van der Waals surface area contributed by atoms with Crippen molar-refractivity contribution in [2.75, 3.05) is 5.75 Å². The molecule has 0 aliphatic rings. The van der Waals surface area contributed by atoms with Crippen LogP contribution in [0.3, 0.4) is 0 Å². The third-order valence-corrected chi connectivity index (χ3v) is 4.50. The highest BCUT2D eigenvalue weighted by Gasteiger charge is 2.14. The largest absolute Gasteiger partial charge is 0.319 e. The molecule has 0 radical (unpaired) electrons. The number of benzene rings is 1. The smallest absolute Gasteiger partial charge is 0.238 e. The molecule has 0 fully saturated rings. The summed E-state index contributed by atoms with van der Waals surface area (Å²) in [5.74, 6) is 0.926. The molecule has 0 aliphatic carbocycles. The molecule has 1 aromatic carbocycles. The molecule has 2 N–H and O–H groups in total. The molecule has 0 unspecified atom stereocenters. The first-order valence-corrected chi connectivity index (χ1v) is 8.66. The Hall–Kier alpha value is -1.05. The summed E-state index contributed by atoms with van der Waals surface area (Å²) in [5, 5.41) is 6.06. The van der Waals surface area contributed by atoms with Crippen LogP contribution in [0, 0.1) is 0 Å². The van der Waals surface area contributed by atoms with Gasteiger partial charge in [0.2, 0.25) is 10.0 Å². The summed E-state index contributed by atoms with van der Waals surface area (Å²) in [5.41, 5.74) is 1.63. The Balaban J connectivity index is 2.62. The zero-order valence-corrected chi connectivity index (χ0v) is 12.6. The molecule has 2 aromatic rings. The van der Waals surface area contributed by atoms with Gasteiger partial charge in [0.15, 0.2) is 5.16 Å². The number of aromatic nitrogens is 2. The molecule has 1 aromatic heterocycles. The van der Waals surface area contributed by atoms with Crippen molar-refractivity contribution >= 4 is 32.8 Å². The van der Waals surface area contributed by atoms with Crippen LogP contribution in [-0.2, 0) is 16.6 Å². The molecule has 5 nitrogen and oxygen atoms in total. The fourth-order valence-corrected chi connectivity index (χ4v) is 3.24. The highest BCUT2D eigenvalue weighted by molar-refractivity contribution is 7.99. The van der Waals surface area contributed by atoms with Crippen LogP contribution in [0.25, 0.3) is 11.0 Å². The molecule has 0 spiro atoms. The summed E-state index contributed by atoms with van der Waals surface area (Å²) < 4.78 is 24.8. The first-order valence-electron chi connectivity index (χ1n) is 6.13. The van der Waals surface area contributed by atoms with Crippen LogP contribution in [-0.4, -0.2) is 23.7 Å². The monoisotopic (exact) mass is 299 g/mol. The van der Waals surface area contributed by atoms with E-state index in [4.69, 9.17) is 5.14 Å². The van der Waals surface area contributed by atoms with Gasteiger partial charge >= 0.3 is 0 Å². The second-order valence-corrected chi connectivity index (χ2v) is 6.97. The highest BCUT2D eigenvalue weighted by Crippen LogP contribution is 2.26. The summed E-state index contributed by atoms with van der Waals surface area (Å²) >= 11 is 1.65. The Morgan fingerprint density at radius 3 is 2.68 bits per heavy atom. The van der Waals surface area contributed by atoms with Crippen LogP contribution in [0.4, 0.5) is 0 Å². The number of thioether (sulfide) groups is 1. The van der Waals surface area contributed by atoms with E-state index in [2.05, 4.69) is 23.4 Å². The molecular weight excluding hydrogens is 282 g/mol. The van der Waals surface area contributed by atoms with Gasteiger partial charge in [-0.3, -0.25) is 0 Å². The van der Waals surface area contributed by atoms with Crippen molar-refractivity contribution in [3.8, 4) is 0 Å². The van der Waals surface area contributed by atoms with Crippen molar-refractivity contribution in [1.82, 2.24) is 9.55 Å². The maximum atomic E-state index is 11.4. The van der Waals surface area contributed by atoms with Gasteiger partial charge in [0.05, 0.1) is 15.9 Å². The number of rotatable bonds is 5. The van der Waals surface area contributed by atoms with Crippen LogP contribution in [0.2, 0.25) is 0 Å². The summed E-state index contributed by atoms with van der Waals surface area (Å²) in [6.07, 6.45) is 1.000. The van der Waals surface area contributed by atoms with Crippen molar-refractivity contribution in [1.29, 1.82) is 0 Å². The van der Waals surface area contributed by atoms with Gasteiger partial charge in [-0.25, -0.2) is 18.5 Å². The lowest BCUT2D eigenvalue weighted by Gasteiger charge is -2.06. The maximum Gasteiger partial charge on any atom is 0.238 e. The molecule has 7 heteroatoms. The molecule has 1 heterocycles. The first-order chi connectivity index (χ1) is 8.97. The van der Waals surface area contributed by atoms with E-state index in [9.17, 15) is 8.42 Å². The fourth-order valence-electron chi connectivity index (χ4n) is 1.94. The molecule has 0 atom stereocenters. The number of sulfonamides is 1. The first kappa shape index (κ1) is 14.4. The van der Waals surface area contributed by atoms with Crippen molar-refractivity contribution < 1.29 is 8.42 Å². The maximum absolute atomic E-state index is 11.4. The number of aryl methyl sites for hydroxylation is 1. The van der Waals surface area contributed by atoms with Gasteiger partial charge in [0, 0.05) is 6.54 Å². The van der Waals surface area contributed by atoms with Gasteiger partial charge < -0.3 is 4.57 Å². The Labute approximate surface area is 117 Å². The number of hydrogen-bond donors (Lipinski definition) is 1. The van der Waals surface area contributed by atoms with E-state index in [-0.39, 0.29) is 4.90 Å². The van der Waals surface area contributed by atoms with Crippen LogP contribution in [0.5, 0.6) is 0 Å². The van der Waals surface area contributed by atoms with Crippen LogP contribution in [0.15, 0.2) is 28.3 Å². The van der Waals surface area contributed by atoms with Crippen molar-refractivity contribution in [3.05, 3.63) is 18.2 Å². The lowest BCUT2D eigenvalue weighted by Crippen LogP contribution is -2.11. The average Bonchev–Trinajstić information content (AvgIpc) is 2.67. The third-order valence-electron chi connectivity index (χ3n) is 2.73. The number of imidazole rings is 1. The van der Waals surface area contributed by atoms with Crippen LogP contribution in [0.1, 0.15) is 20.3 Å². The van der Waals surface area contributed by atoms with E-state index in [1.54, 1.807) is 17.8 Å². The minimum atomic E-state index is -3.68. The Bertz CT molecular complexity index is 692. The Kier molecular flexibility index (Phi) is 4.17. The van der Waals surface area contributed by atoms with E-state index in [1.807, 2.05) is 0 Å². The summed E-state index contributed by atoms with van der Waals surface area (Å²) in [6, 6.07) is 4.85. The minimum Gasteiger partial charge on any atom is -0.319 e. The van der Waals surface area contributed by atoms with E-state index in [0.29, 0.717) is 5.52 Å². The second kappa shape index (κ2) is 5.52. The van der Waals surface area contributed by atoms with Gasteiger partial charge in [-0.05, 0) is 30.4 Å². The second-order valence-electron chi connectivity index (χ2n) is 4.17. The summed E-state index contributed by atoms with van der Waals surface area (Å²) in [6.45, 7) is 5.04. The van der Waals surface area contributed by atoms with E-state index in [1.165, 1.54) is 12.1 Å². The molecule has 104 valence electrons. The van der Waals surface area contributed by atoms with E-state index >= 15 is 0 Å². The standard InChI is InChI=1S/C12H17N3O2S2/c1-3-7-15-11-6-5-9(19(13,16)17)8-10(11)14-12(15)18-4-2/h5-6,8H,3-4,7H2,1-2H3,(H2,13,16,17). The summed E-state index contributed by atoms with van der Waals surface area (Å²) in [4.78, 5) is 4.61. The zero-order valence-electron chi connectivity index (χ0n) is 11.0. The van der Waals surface area contributed by atoms with Crippen molar-refractivity contribution in [2.45, 2.75) is 36.9 Å². The minimum absolute atomic E-state index is 0.106. The lowest BCUT2D eigenvalue weighted by molar-refractivity contribution is 0.598. The topological polar surface area (TPSA) is 78.0 Å². The molecule has 19 heavy (non-hydrogen) atoms. The van der Waals surface area contributed by atoms with Crippen molar-refractivity contribution in [2.24, 2.45) is 5.14 Å². The number of hydrogen-bond acceptors (Lipinski definition) is 4. The zero-order chi connectivity index (χ0) is 14.0. The summed E-state index contributed by atoms with van der Waals surface area (Å²) in [7, 11) is -3.68. The molecule has 2 rings (SSSR count). The third kappa shape index (κ3) is 2.93. The molecular formula is C12H17N3O2S2. The SMILES string of the molecule is CCCn1c(SCC)nc2cc(S(N)(=O)=O)ccc21. The molecule has 0 aliphatic heterocycles. The molecule has 0 saturated carbocycles. The number of primary sulfonamides is 1. The van der Waals surface area contributed by atoms with Gasteiger partial charge in [-0.1, -0.05) is 25.6 Å². The molecule has 0 saturated heterocycles. The Morgan fingerprint density at radius 2 is 2.11 bits per heavy atom. The van der Waals surface area contributed by atoms with Crippen molar-refractivity contribution in [3.63, 3.8) is 0 Å². The lowest BCUT2D eigenvalue weighted by atomic mass is 10.3. The number of nitrogens with two attached hydrogens (primary N) is 1. The molecule has 0 amide bonds. The molecule has 0 bridgehead atoms. The fraction of sp³-hybridized carbons (Fsp3) is 0.417. The number of nitrogens with zero attached hydrogens (tertiary/aromatic N) is 2.